The quantitative estimate of drug-likeness (QED) is 0.816. The van der Waals surface area contributed by atoms with E-state index in [2.05, 4.69) is 4.98 Å². The Labute approximate surface area is 96.9 Å². The summed E-state index contributed by atoms with van der Waals surface area (Å²) < 4.78 is 36.1. The van der Waals surface area contributed by atoms with Crippen LogP contribution in [-0.4, -0.2) is 16.9 Å². The first-order chi connectivity index (χ1) is 7.97. The van der Waals surface area contributed by atoms with E-state index < -0.39 is 24.9 Å². The first kappa shape index (κ1) is 12.1. The van der Waals surface area contributed by atoms with E-state index in [1.165, 1.54) is 0 Å². The Morgan fingerprint density at radius 3 is 2.94 bits per heavy atom. The minimum atomic E-state index is -4.26. The van der Waals surface area contributed by atoms with Crippen LogP contribution in [0.3, 0.4) is 0 Å². The van der Waals surface area contributed by atoms with E-state index in [-0.39, 0.29) is 5.78 Å². The molecule has 0 aromatic carbocycles. The summed E-state index contributed by atoms with van der Waals surface area (Å²) in [5.74, 6) is -0.784. The normalized spacial score (nSPS) is 19.1. The molecule has 2 rings (SSSR count). The van der Waals surface area contributed by atoms with Gasteiger partial charge in [-0.05, 0) is 24.5 Å². The van der Waals surface area contributed by atoms with Crippen molar-refractivity contribution in [3.05, 3.63) is 29.6 Å². The molecule has 0 radical (unpaired) electrons. The van der Waals surface area contributed by atoms with Crippen molar-refractivity contribution < 1.29 is 18.0 Å². The number of alkyl halides is 3. The second-order valence-electron chi connectivity index (χ2n) is 4.22. The number of Topliss-reactive ketones (excluding diaryl/α,β-unsaturated/α-hetero) is 1. The fourth-order valence-electron chi connectivity index (χ4n) is 2.17. The number of halogens is 3. The van der Waals surface area contributed by atoms with Gasteiger partial charge in [-0.3, -0.25) is 9.78 Å². The molecule has 1 atom stereocenters. The molecule has 0 saturated carbocycles. The van der Waals surface area contributed by atoms with Gasteiger partial charge in [0.05, 0.1) is 18.0 Å². The number of aryl methyl sites for hydroxylation is 1. The van der Waals surface area contributed by atoms with Gasteiger partial charge >= 0.3 is 6.18 Å². The highest BCUT2D eigenvalue weighted by Crippen LogP contribution is 2.34. The molecular weight excluding hydrogens is 231 g/mol. The average Bonchev–Trinajstić information content (AvgIpc) is 2.68. The van der Waals surface area contributed by atoms with Gasteiger partial charge in [0, 0.05) is 12.6 Å². The van der Waals surface area contributed by atoms with Gasteiger partial charge in [0.1, 0.15) is 5.78 Å². The number of rotatable bonds is 3. The maximum absolute atomic E-state index is 12.0. The first-order valence-corrected chi connectivity index (χ1v) is 5.50. The van der Waals surface area contributed by atoms with E-state index in [1.807, 2.05) is 6.07 Å². The number of hydrogen-bond acceptors (Lipinski definition) is 2. The molecule has 92 valence electrons. The summed E-state index contributed by atoms with van der Waals surface area (Å²) in [5, 5.41) is 0. The van der Waals surface area contributed by atoms with E-state index in [9.17, 15) is 18.0 Å². The third-order valence-electron chi connectivity index (χ3n) is 3.00. The summed E-state index contributed by atoms with van der Waals surface area (Å²) in [6.07, 6.45) is -2.85. The molecule has 1 aliphatic carbocycles. The van der Waals surface area contributed by atoms with Gasteiger partial charge in [0.25, 0.3) is 0 Å². The Kier molecular flexibility index (Phi) is 3.17. The molecule has 5 heteroatoms. The minimum absolute atomic E-state index is 0.347. The number of carbonyl (C=O) groups excluding carboxylic acids is 1. The molecule has 1 aliphatic rings. The highest BCUT2D eigenvalue weighted by molar-refractivity contribution is 5.86. The molecule has 1 heterocycles. The summed E-state index contributed by atoms with van der Waals surface area (Å²) in [7, 11) is 0. The third-order valence-corrected chi connectivity index (χ3v) is 3.00. The molecule has 1 aromatic rings. The molecule has 1 aromatic heterocycles. The molecule has 0 aliphatic heterocycles. The number of pyridine rings is 1. The van der Waals surface area contributed by atoms with Gasteiger partial charge < -0.3 is 0 Å². The molecule has 0 fully saturated rings. The van der Waals surface area contributed by atoms with Crippen molar-refractivity contribution in [3.8, 4) is 0 Å². The van der Waals surface area contributed by atoms with Crippen LogP contribution in [0.5, 0.6) is 0 Å². The molecule has 0 spiro atoms. The van der Waals surface area contributed by atoms with Crippen molar-refractivity contribution >= 4 is 5.78 Å². The minimum Gasteiger partial charge on any atom is -0.299 e. The lowest BCUT2D eigenvalue weighted by Crippen LogP contribution is -2.15. The third kappa shape index (κ3) is 2.84. The smallest absolute Gasteiger partial charge is 0.299 e. The van der Waals surface area contributed by atoms with Crippen LogP contribution in [0.2, 0.25) is 0 Å². The van der Waals surface area contributed by atoms with Crippen molar-refractivity contribution in [2.24, 2.45) is 0 Å². The van der Waals surface area contributed by atoms with E-state index >= 15 is 0 Å². The van der Waals surface area contributed by atoms with Crippen LogP contribution in [0, 0.1) is 0 Å². The van der Waals surface area contributed by atoms with E-state index in [1.54, 1.807) is 12.3 Å². The molecule has 2 nitrogen and oxygen atoms in total. The standard InChI is InChI=1S/C12H12F3NO/c13-12(14,15)6-5-10(17)9-4-3-8-2-1-7-16-11(8)9/h1-2,7,9H,3-6H2. The monoisotopic (exact) mass is 243 g/mol. The number of aromatic nitrogens is 1. The molecule has 17 heavy (non-hydrogen) atoms. The molecule has 0 bridgehead atoms. The van der Waals surface area contributed by atoms with Crippen molar-refractivity contribution in [2.75, 3.05) is 0 Å². The zero-order valence-corrected chi connectivity index (χ0v) is 9.13. The molecular formula is C12H12F3NO. The zero-order chi connectivity index (χ0) is 12.5. The van der Waals surface area contributed by atoms with Gasteiger partial charge in [0.2, 0.25) is 0 Å². The first-order valence-electron chi connectivity index (χ1n) is 5.50. The fourth-order valence-corrected chi connectivity index (χ4v) is 2.17. The Hall–Kier alpha value is -1.39. The van der Waals surface area contributed by atoms with Gasteiger partial charge in [-0.25, -0.2) is 0 Å². The highest BCUT2D eigenvalue weighted by atomic mass is 19.4. The molecule has 1 unspecified atom stereocenters. The predicted octanol–water partition coefficient (Wildman–Crippen LogP) is 3.02. The lowest BCUT2D eigenvalue weighted by Gasteiger charge is -2.10. The Morgan fingerprint density at radius 2 is 2.24 bits per heavy atom. The number of hydrogen-bond donors (Lipinski definition) is 0. The van der Waals surface area contributed by atoms with Crippen LogP contribution >= 0.6 is 0 Å². The maximum atomic E-state index is 12.0. The summed E-state index contributed by atoms with van der Waals surface area (Å²) in [6.45, 7) is 0. The Bertz CT molecular complexity index is 428. The van der Waals surface area contributed by atoms with Crippen LogP contribution in [0.4, 0.5) is 13.2 Å². The van der Waals surface area contributed by atoms with Crippen molar-refractivity contribution in [3.63, 3.8) is 0 Å². The second kappa shape index (κ2) is 4.47. The summed E-state index contributed by atoms with van der Waals surface area (Å²) >= 11 is 0. The summed E-state index contributed by atoms with van der Waals surface area (Å²) in [5.41, 5.74) is 1.65. The van der Waals surface area contributed by atoms with Crippen LogP contribution in [0.15, 0.2) is 18.3 Å². The summed E-state index contributed by atoms with van der Waals surface area (Å²) in [6, 6.07) is 3.65. The average molecular weight is 243 g/mol. The van der Waals surface area contributed by atoms with E-state index in [0.29, 0.717) is 12.1 Å². The topological polar surface area (TPSA) is 30.0 Å². The lowest BCUT2D eigenvalue weighted by molar-refractivity contribution is -0.143. The van der Waals surface area contributed by atoms with Gasteiger partial charge in [0.15, 0.2) is 0 Å². The highest BCUT2D eigenvalue weighted by Gasteiger charge is 2.33. The lowest BCUT2D eigenvalue weighted by atomic mass is 9.97. The number of nitrogens with zero attached hydrogens (tertiary/aromatic N) is 1. The van der Waals surface area contributed by atoms with E-state index in [4.69, 9.17) is 0 Å². The molecule has 0 amide bonds. The summed E-state index contributed by atoms with van der Waals surface area (Å²) in [4.78, 5) is 15.8. The molecule has 0 saturated heterocycles. The van der Waals surface area contributed by atoms with Gasteiger partial charge in [-0.2, -0.15) is 13.2 Å². The van der Waals surface area contributed by atoms with E-state index in [0.717, 1.165) is 12.0 Å². The zero-order valence-electron chi connectivity index (χ0n) is 9.13. The largest absolute Gasteiger partial charge is 0.389 e. The fraction of sp³-hybridized carbons (Fsp3) is 0.500. The van der Waals surface area contributed by atoms with Crippen molar-refractivity contribution in [2.45, 2.75) is 37.8 Å². The number of fused-ring (bicyclic) bond motifs is 1. The maximum Gasteiger partial charge on any atom is 0.389 e. The van der Waals surface area contributed by atoms with Crippen molar-refractivity contribution in [1.82, 2.24) is 4.98 Å². The van der Waals surface area contributed by atoms with Crippen LogP contribution < -0.4 is 0 Å². The second-order valence-corrected chi connectivity index (χ2v) is 4.22. The van der Waals surface area contributed by atoms with Crippen LogP contribution in [-0.2, 0) is 11.2 Å². The van der Waals surface area contributed by atoms with Gasteiger partial charge in [-0.15, -0.1) is 0 Å². The molecule has 0 N–H and O–H groups in total. The van der Waals surface area contributed by atoms with Crippen molar-refractivity contribution in [1.29, 1.82) is 0 Å². The van der Waals surface area contributed by atoms with Gasteiger partial charge in [-0.1, -0.05) is 6.07 Å². The van der Waals surface area contributed by atoms with Crippen LogP contribution in [0.1, 0.15) is 36.4 Å². The SMILES string of the molecule is O=C(CCC(F)(F)F)C1CCc2cccnc21. The Balaban J connectivity index is 2.03. The number of ketones is 1. The predicted molar refractivity (Wildman–Crippen MR) is 55.6 cm³/mol. The number of carbonyl (C=O) groups is 1. The Morgan fingerprint density at radius 1 is 1.47 bits per heavy atom. The van der Waals surface area contributed by atoms with Crippen LogP contribution in [0.25, 0.3) is 0 Å².